The third kappa shape index (κ3) is 5.49. The van der Waals surface area contributed by atoms with Crippen LogP contribution in [0, 0.1) is 34.5 Å². The first-order chi connectivity index (χ1) is 20.6. The van der Waals surface area contributed by atoms with E-state index in [1.165, 1.54) is 30.4 Å². The topological polar surface area (TPSA) is 74.2 Å². The van der Waals surface area contributed by atoms with Gasteiger partial charge in [0.05, 0.1) is 11.8 Å². The third-order valence-electron chi connectivity index (χ3n) is 13.5. The van der Waals surface area contributed by atoms with Crippen molar-refractivity contribution < 1.29 is 14.7 Å². The van der Waals surface area contributed by atoms with Gasteiger partial charge in [0.1, 0.15) is 0 Å². The molecule has 9 atom stereocenters. The van der Waals surface area contributed by atoms with Gasteiger partial charge in [-0.05, 0) is 124 Å². The van der Waals surface area contributed by atoms with E-state index in [9.17, 15) is 9.90 Å². The number of hydrogen-bond acceptors (Lipinski definition) is 5. The first-order valence-corrected chi connectivity index (χ1v) is 17.2. The summed E-state index contributed by atoms with van der Waals surface area (Å²) < 4.78 is 0. The number of carbonyl (C=O) groups excluding carboxylic acids is 1. The van der Waals surface area contributed by atoms with Crippen molar-refractivity contribution in [1.82, 2.24) is 10.2 Å². The maximum absolute atomic E-state index is 12.8. The van der Waals surface area contributed by atoms with Gasteiger partial charge in [-0.15, -0.1) is 0 Å². The Bertz CT molecular complexity index is 1230. The van der Waals surface area contributed by atoms with E-state index in [1.54, 1.807) is 0 Å². The van der Waals surface area contributed by atoms with Crippen molar-refractivity contribution in [3.05, 3.63) is 47.5 Å². The van der Waals surface area contributed by atoms with Crippen LogP contribution in [0.4, 0.5) is 0 Å². The van der Waals surface area contributed by atoms with Crippen LogP contribution < -0.4 is 5.32 Å². The summed E-state index contributed by atoms with van der Waals surface area (Å²) in [6.07, 6.45) is 13.1. The second-order valence-electron chi connectivity index (χ2n) is 15.5. The van der Waals surface area contributed by atoms with E-state index in [0.29, 0.717) is 30.3 Å². The fourth-order valence-corrected chi connectivity index (χ4v) is 10.6. The molecule has 2 N–H and O–H groups in total. The predicted molar refractivity (Wildman–Crippen MR) is 173 cm³/mol. The molecular weight excluding hydrogens is 534 g/mol. The molecule has 3 saturated carbocycles. The van der Waals surface area contributed by atoms with Crippen LogP contribution in [0.3, 0.4) is 0 Å². The smallest absolute Gasteiger partial charge is 0.260 e. The molecule has 5 aliphatic rings. The highest BCUT2D eigenvalue weighted by atomic mass is 16.6. The van der Waals surface area contributed by atoms with Crippen molar-refractivity contribution in [2.45, 2.75) is 109 Å². The summed E-state index contributed by atoms with van der Waals surface area (Å²) in [5.41, 5.74) is 4.30. The molecule has 6 rings (SSSR count). The van der Waals surface area contributed by atoms with Crippen LogP contribution in [-0.4, -0.2) is 60.5 Å². The number of nitrogens with zero attached hydrogens (tertiary/aromatic N) is 2. The van der Waals surface area contributed by atoms with E-state index in [2.05, 4.69) is 86.5 Å². The minimum absolute atomic E-state index is 0.0374. The molecule has 1 amide bonds. The van der Waals surface area contributed by atoms with Gasteiger partial charge in [0.15, 0.2) is 6.61 Å². The summed E-state index contributed by atoms with van der Waals surface area (Å²) in [5, 5.41) is 18.3. The number of amides is 1. The number of carbonyl (C=O) groups is 1. The molecule has 0 bridgehead atoms. The fraction of sp³-hybridized carbons (Fsp3) is 0.730. The number of fused-ring (bicyclic) bond motifs is 5. The molecule has 1 aromatic rings. The van der Waals surface area contributed by atoms with E-state index in [-0.39, 0.29) is 34.9 Å². The summed E-state index contributed by atoms with van der Waals surface area (Å²) in [5.74, 6) is 2.51. The van der Waals surface area contributed by atoms with Gasteiger partial charge in [0, 0.05) is 24.5 Å². The Morgan fingerprint density at radius 2 is 1.86 bits per heavy atom. The van der Waals surface area contributed by atoms with Gasteiger partial charge in [-0.25, -0.2) is 0 Å². The molecule has 1 aromatic carbocycles. The summed E-state index contributed by atoms with van der Waals surface area (Å²) >= 11 is 0. The second-order valence-corrected chi connectivity index (χ2v) is 15.5. The van der Waals surface area contributed by atoms with E-state index in [1.807, 2.05) is 0 Å². The van der Waals surface area contributed by atoms with Crippen molar-refractivity contribution >= 4 is 11.6 Å². The van der Waals surface area contributed by atoms with Crippen molar-refractivity contribution in [2.75, 3.05) is 26.7 Å². The molecule has 0 radical (unpaired) electrons. The zero-order valence-electron chi connectivity index (χ0n) is 27.3. The van der Waals surface area contributed by atoms with Crippen molar-refractivity contribution in [2.24, 2.45) is 39.7 Å². The number of allylic oxidation sites excluding steroid dienone is 2. The van der Waals surface area contributed by atoms with E-state index >= 15 is 0 Å². The van der Waals surface area contributed by atoms with E-state index < -0.39 is 0 Å². The van der Waals surface area contributed by atoms with Crippen LogP contribution in [0.2, 0.25) is 0 Å². The third-order valence-corrected chi connectivity index (χ3v) is 13.5. The lowest BCUT2D eigenvalue weighted by Gasteiger charge is -2.57. The largest absolute Gasteiger partial charge is 0.393 e. The number of aliphatic hydroxyl groups excluding tert-OH is 1. The molecule has 43 heavy (non-hydrogen) atoms. The number of hydrogen-bond donors (Lipinski definition) is 2. The molecule has 0 unspecified atom stereocenters. The second kappa shape index (κ2) is 12.0. The molecule has 1 heterocycles. The molecule has 6 nitrogen and oxygen atoms in total. The average Bonchev–Trinajstić information content (AvgIpc) is 3.30. The van der Waals surface area contributed by atoms with Gasteiger partial charge < -0.3 is 20.2 Å². The molecule has 4 aliphatic carbocycles. The highest BCUT2D eigenvalue weighted by molar-refractivity contribution is 5.96. The number of rotatable bonds is 7. The molecule has 0 spiro atoms. The fourth-order valence-electron chi connectivity index (χ4n) is 10.6. The number of likely N-dealkylation sites (tertiary alicyclic amines) is 1. The minimum atomic E-state index is -0.117. The molecule has 0 aromatic heterocycles. The van der Waals surface area contributed by atoms with Crippen molar-refractivity contribution in [1.29, 1.82) is 0 Å². The molecule has 6 heteroatoms. The Kier molecular flexibility index (Phi) is 8.58. The summed E-state index contributed by atoms with van der Waals surface area (Å²) in [6.45, 7) is 11.2. The van der Waals surface area contributed by atoms with Crippen LogP contribution in [0.1, 0.15) is 97.5 Å². The Hall–Kier alpha value is -2.18. The Morgan fingerprint density at radius 1 is 1.07 bits per heavy atom. The average molecular weight is 590 g/mol. The zero-order chi connectivity index (χ0) is 30.4. The van der Waals surface area contributed by atoms with Crippen LogP contribution >= 0.6 is 0 Å². The lowest BCUT2D eigenvalue weighted by atomic mass is 9.47. The molecule has 236 valence electrons. The quantitative estimate of drug-likeness (QED) is 0.357. The van der Waals surface area contributed by atoms with Crippen LogP contribution in [0.25, 0.3) is 0 Å². The number of oxime groups is 1. The molecule has 4 fully saturated rings. The first kappa shape index (κ1) is 30.8. The van der Waals surface area contributed by atoms with Gasteiger partial charge in [0.2, 0.25) is 0 Å². The number of benzene rings is 1. The van der Waals surface area contributed by atoms with Gasteiger partial charge >= 0.3 is 0 Å². The highest BCUT2D eigenvalue weighted by Crippen LogP contribution is 2.65. The monoisotopic (exact) mass is 589 g/mol. The van der Waals surface area contributed by atoms with Crippen LogP contribution in [-0.2, 0) is 15.0 Å². The summed E-state index contributed by atoms with van der Waals surface area (Å²) in [4.78, 5) is 20.9. The normalized spacial score (nSPS) is 42.0. The summed E-state index contributed by atoms with van der Waals surface area (Å²) in [7, 11) is 2.22. The SMILES string of the molecule is C[C@@H]1C[C@@](CCNC(=O)CO/N=C2\C=C3CC[C@H]4[C@@H]5CC[C@H](O)[C@@]5(C)CC[C@@H]4[C@@]3(C)CC2)(c2ccccc2)[C@H](C)CN1C. The molecular formula is C37H55N3O3. The lowest BCUT2D eigenvalue weighted by molar-refractivity contribution is -0.125. The maximum atomic E-state index is 12.8. The van der Waals surface area contributed by atoms with Gasteiger partial charge in [0.25, 0.3) is 5.91 Å². The number of nitrogens with one attached hydrogen (secondary N) is 1. The first-order valence-electron chi connectivity index (χ1n) is 17.2. The number of aliphatic hydroxyl groups is 1. The van der Waals surface area contributed by atoms with E-state index in [4.69, 9.17) is 4.84 Å². The summed E-state index contributed by atoms with van der Waals surface area (Å²) in [6, 6.07) is 11.4. The van der Waals surface area contributed by atoms with Gasteiger partial charge in [-0.1, -0.05) is 61.8 Å². The standard InChI is InChI=1S/C37H55N3O3/c1-25-23-40(5)26(2)22-37(25,27-9-7-6-8-10-27)19-20-38-34(42)24-43-39-29-15-17-35(3)28(21-29)11-12-30-31-13-14-33(41)36(31,4)18-16-32(30)35/h6-10,21,25-26,30-33,41H,11-20,22-24H2,1-5H3,(H,38,42)/b39-29-/t25-,26-,30+,31+,32+,33+,35+,36+,37-/m1/s1. The lowest BCUT2D eigenvalue weighted by Crippen LogP contribution is -2.52. The Morgan fingerprint density at radius 3 is 2.65 bits per heavy atom. The molecule has 1 aliphatic heterocycles. The molecule has 1 saturated heterocycles. The maximum Gasteiger partial charge on any atom is 0.260 e. The highest BCUT2D eigenvalue weighted by Gasteiger charge is 2.58. The van der Waals surface area contributed by atoms with Gasteiger partial charge in [-0.3, -0.25) is 4.79 Å². The van der Waals surface area contributed by atoms with Gasteiger partial charge in [-0.2, -0.15) is 0 Å². The predicted octanol–water partition coefficient (Wildman–Crippen LogP) is 6.49. The van der Waals surface area contributed by atoms with Crippen LogP contribution in [0.15, 0.2) is 47.1 Å². The Labute approximate surface area is 259 Å². The van der Waals surface area contributed by atoms with Crippen LogP contribution in [0.5, 0.6) is 0 Å². The van der Waals surface area contributed by atoms with Crippen molar-refractivity contribution in [3.8, 4) is 0 Å². The Balaban J connectivity index is 1.03. The minimum Gasteiger partial charge on any atom is -0.393 e. The zero-order valence-corrected chi connectivity index (χ0v) is 27.3. The van der Waals surface area contributed by atoms with Crippen molar-refractivity contribution in [3.63, 3.8) is 0 Å². The number of piperidine rings is 1. The van der Waals surface area contributed by atoms with E-state index in [0.717, 1.165) is 63.1 Å².